The first-order chi connectivity index (χ1) is 15.3. The van der Waals surface area contributed by atoms with E-state index in [9.17, 15) is 4.79 Å². The number of benzene rings is 2. The lowest BCUT2D eigenvalue weighted by molar-refractivity contribution is -0.910. The van der Waals surface area contributed by atoms with E-state index in [4.69, 9.17) is 4.74 Å². The van der Waals surface area contributed by atoms with E-state index in [1.165, 1.54) is 5.69 Å². The minimum atomic E-state index is 0.0526. The summed E-state index contributed by atoms with van der Waals surface area (Å²) in [7, 11) is 9.82. The Balaban J connectivity index is 1.58. The molecular formula is C25H36IN4O2+. The number of nitrogens with zero attached hydrogens (tertiary/aromatic N) is 4. The average molecular weight is 551 g/mol. The number of carbonyl (C=O) groups is 1. The second-order valence-electron chi connectivity index (χ2n) is 9.06. The third kappa shape index (κ3) is 5.67. The van der Waals surface area contributed by atoms with Crippen LogP contribution in [0.5, 0.6) is 5.75 Å². The maximum absolute atomic E-state index is 12.7. The van der Waals surface area contributed by atoms with E-state index in [0.29, 0.717) is 0 Å². The summed E-state index contributed by atoms with van der Waals surface area (Å²) in [5.41, 5.74) is 3.00. The van der Waals surface area contributed by atoms with Crippen LogP contribution in [0.1, 0.15) is 16.8 Å². The zero-order chi connectivity index (χ0) is 23.3. The molecule has 1 aliphatic rings. The third-order valence-corrected chi connectivity index (χ3v) is 7.31. The average Bonchev–Trinajstić information content (AvgIpc) is 2.78. The second-order valence-corrected chi connectivity index (χ2v) is 10.2. The number of rotatable bonds is 8. The van der Waals surface area contributed by atoms with Gasteiger partial charge in [0.25, 0.3) is 5.91 Å². The van der Waals surface area contributed by atoms with Crippen molar-refractivity contribution in [3.63, 3.8) is 0 Å². The molecule has 1 heterocycles. The Morgan fingerprint density at radius 3 is 2.44 bits per heavy atom. The van der Waals surface area contributed by atoms with Crippen molar-refractivity contribution in [3.05, 3.63) is 51.6 Å². The van der Waals surface area contributed by atoms with Gasteiger partial charge in [0, 0.05) is 37.7 Å². The zero-order valence-electron chi connectivity index (χ0n) is 20.0. The van der Waals surface area contributed by atoms with Crippen LogP contribution in [-0.4, -0.2) is 89.9 Å². The highest BCUT2D eigenvalue weighted by atomic mass is 127. The molecule has 0 atom stereocenters. The van der Waals surface area contributed by atoms with Crippen LogP contribution < -0.4 is 14.5 Å². The van der Waals surface area contributed by atoms with E-state index in [-0.39, 0.29) is 5.91 Å². The summed E-state index contributed by atoms with van der Waals surface area (Å²) in [6.45, 7) is 6.36. The van der Waals surface area contributed by atoms with Gasteiger partial charge in [-0.1, -0.05) is 18.2 Å². The number of likely N-dealkylation sites (N-methyl/N-ethyl adjacent to an activating group) is 1. The summed E-state index contributed by atoms with van der Waals surface area (Å²) < 4.78 is 7.75. The molecule has 0 radical (unpaired) electrons. The highest BCUT2D eigenvalue weighted by Crippen LogP contribution is 2.30. The van der Waals surface area contributed by atoms with Crippen molar-refractivity contribution >= 4 is 39.9 Å². The SMILES string of the molecule is COc1ccccc1N1CC[N+](C)(CCCN(C)c2c(I)cccc2C(=O)N(C)C)CC1. The first kappa shape index (κ1) is 24.6. The van der Waals surface area contributed by atoms with Gasteiger partial charge in [-0.05, 0) is 46.9 Å². The first-order valence-corrected chi connectivity index (χ1v) is 12.3. The Labute approximate surface area is 206 Å². The summed E-state index contributed by atoms with van der Waals surface area (Å²) in [4.78, 5) is 19.0. The van der Waals surface area contributed by atoms with Crippen molar-refractivity contribution in [2.24, 2.45) is 0 Å². The molecule has 2 aromatic rings. The molecule has 0 spiro atoms. The van der Waals surface area contributed by atoms with Crippen LogP contribution in [0, 0.1) is 3.57 Å². The van der Waals surface area contributed by atoms with Crippen LogP contribution >= 0.6 is 22.6 Å². The molecule has 0 saturated carbocycles. The number of ether oxygens (including phenoxy) is 1. The summed E-state index contributed by atoms with van der Waals surface area (Å²) in [5, 5.41) is 0. The number of quaternary nitrogens is 1. The predicted octanol–water partition coefficient (Wildman–Crippen LogP) is 3.79. The van der Waals surface area contributed by atoms with E-state index in [1.807, 2.05) is 38.4 Å². The highest BCUT2D eigenvalue weighted by Gasteiger charge is 2.29. The lowest BCUT2D eigenvalue weighted by Gasteiger charge is -2.43. The van der Waals surface area contributed by atoms with E-state index in [2.05, 4.69) is 64.7 Å². The molecule has 0 aliphatic carbocycles. The quantitative estimate of drug-likeness (QED) is 0.370. The van der Waals surface area contributed by atoms with Gasteiger partial charge in [0.15, 0.2) is 0 Å². The van der Waals surface area contributed by atoms with E-state index in [0.717, 1.165) is 70.7 Å². The van der Waals surface area contributed by atoms with Gasteiger partial charge in [-0.25, -0.2) is 0 Å². The number of para-hydroxylation sites is 3. The molecule has 0 unspecified atom stereocenters. The Hall–Kier alpha value is -2.00. The Bertz CT molecular complexity index is 926. The minimum absolute atomic E-state index is 0.0526. The normalized spacial score (nSPS) is 15.4. The lowest BCUT2D eigenvalue weighted by atomic mass is 10.1. The van der Waals surface area contributed by atoms with Gasteiger partial charge >= 0.3 is 0 Å². The monoisotopic (exact) mass is 551 g/mol. The fourth-order valence-electron chi connectivity index (χ4n) is 4.42. The third-order valence-electron chi connectivity index (χ3n) is 6.44. The molecule has 32 heavy (non-hydrogen) atoms. The van der Waals surface area contributed by atoms with Gasteiger partial charge in [-0.15, -0.1) is 0 Å². The molecule has 1 fully saturated rings. The van der Waals surface area contributed by atoms with Gasteiger partial charge in [-0.3, -0.25) is 4.79 Å². The predicted molar refractivity (Wildman–Crippen MR) is 141 cm³/mol. The van der Waals surface area contributed by atoms with Crippen LogP contribution in [0.3, 0.4) is 0 Å². The number of anilines is 2. The van der Waals surface area contributed by atoms with Crippen LogP contribution in [0.15, 0.2) is 42.5 Å². The van der Waals surface area contributed by atoms with Crippen molar-refractivity contribution in [2.45, 2.75) is 6.42 Å². The maximum Gasteiger partial charge on any atom is 0.255 e. The van der Waals surface area contributed by atoms with E-state index in [1.54, 1.807) is 12.0 Å². The molecule has 3 rings (SSSR count). The Morgan fingerprint density at radius 2 is 1.78 bits per heavy atom. The Kier molecular flexibility index (Phi) is 8.27. The summed E-state index contributed by atoms with van der Waals surface area (Å²) in [6, 6.07) is 14.3. The van der Waals surface area contributed by atoms with E-state index < -0.39 is 0 Å². The number of methoxy groups -OCH3 is 1. The number of hydrogen-bond donors (Lipinski definition) is 0. The molecular weight excluding hydrogens is 515 g/mol. The molecule has 0 N–H and O–H groups in total. The molecule has 7 heteroatoms. The first-order valence-electron chi connectivity index (χ1n) is 11.2. The van der Waals surface area contributed by atoms with E-state index >= 15 is 0 Å². The zero-order valence-corrected chi connectivity index (χ0v) is 22.1. The lowest BCUT2D eigenvalue weighted by Crippen LogP contribution is -2.58. The largest absolute Gasteiger partial charge is 0.495 e. The summed E-state index contributed by atoms with van der Waals surface area (Å²) in [5.74, 6) is 1.00. The van der Waals surface area contributed by atoms with Crippen LogP contribution in [0.2, 0.25) is 0 Å². The van der Waals surface area contributed by atoms with Crippen molar-refractivity contribution in [3.8, 4) is 5.75 Å². The Morgan fingerprint density at radius 1 is 1.09 bits per heavy atom. The van der Waals surface area contributed by atoms with Gasteiger partial charge < -0.3 is 23.9 Å². The molecule has 174 valence electrons. The van der Waals surface area contributed by atoms with Crippen LogP contribution in [-0.2, 0) is 0 Å². The number of halogens is 1. The van der Waals surface area contributed by atoms with Crippen molar-refractivity contribution in [2.75, 3.05) is 84.4 Å². The van der Waals surface area contributed by atoms with Crippen molar-refractivity contribution in [1.82, 2.24) is 4.90 Å². The highest BCUT2D eigenvalue weighted by molar-refractivity contribution is 14.1. The molecule has 2 aromatic carbocycles. The molecule has 1 saturated heterocycles. The number of amides is 1. The number of hydrogen-bond acceptors (Lipinski definition) is 4. The topological polar surface area (TPSA) is 36.0 Å². The minimum Gasteiger partial charge on any atom is -0.495 e. The molecule has 1 amide bonds. The fraction of sp³-hybridized carbons (Fsp3) is 0.480. The summed E-state index contributed by atoms with van der Waals surface area (Å²) in [6.07, 6.45) is 1.09. The molecule has 0 aromatic heterocycles. The van der Waals surface area contributed by atoms with Gasteiger partial charge in [0.05, 0.1) is 63.8 Å². The molecule has 6 nitrogen and oxygen atoms in total. The van der Waals surface area contributed by atoms with Gasteiger partial charge in [-0.2, -0.15) is 0 Å². The van der Waals surface area contributed by atoms with Crippen molar-refractivity contribution in [1.29, 1.82) is 0 Å². The number of piperazine rings is 1. The van der Waals surface area contributed by atoms with Crippen LogP contribution in [0.4, 0.5) is 11.4 Å². The summed E-state index contributed by atoms with van der Waals surface area (Å²) >= 11 is 2.34. The van der Waals surface area contributed by atoms with Gasteiger partial charge in [0.1, 0.15) is 5.75 Å². The molecule has 0 bridgehead atoms. The fourth-order valence-corrected chi connectivity index (χ4v) is 5.33. The standard InChI is InChI=1S/C25H36IN4O2/c1-27(2)25(31)20-10-8-11-21(26)24(20)28(3)14-9-17-30(4)18-15-29(16-19-30)22-12-6-7-13-23(22)32-5/h6-8,10-13H,9,14-19H2,1-5H3/q+1. The molecule has 1 aliphatic heterocycles. The number of carbonyl (C=O) groups excluding carboxylic acids is 1. The maximum atomic E-state index is 12.7. The van der Waals surface area contributed by atoms with Crippen molar-refractivity contribution < 1.29 is 14.0 Å². The van der Waals surface area contributed by atoms with Gasteiger partial charge in [0.2, 0.25) is 0 Å². The van der Waals surface area contributed by atoms with Crippen LogP contribution in [0.25, 0.3) is 0 Å². The smallest absolute Gasteiger partial charge is 0.255 e. The second kappa shape index (κ2) is 10.7.